The van der Waals surface area contributed by atoms with Crippen LogP contribution in [0.2, 0.25) is 0 Å². The Morgan fingerprint density at radius 1 is 1.48 bits per heavy atom. The number of halogens is 1. The molecule has 2 aromatic rings. The molecule has 2 rings (SSSR count). The highest BCUT2D eigenvalue weighted by molar-refractivity contribution is 7.92. The molecule has 0 radical (unpaired) electrons. The number of hydrogen-bond donors (Lipinski definition) is 2. The van der Waals surface area contributed by atoms with Crippen LogP contribution in [0, 0.1) is 5.95 Å². The first-order chi connectivity index (χ1) is 9.83. The number of aromatic carboxylic acids is 1. The molecule has 0 aromatic carbocycles. The Bertz CT molecular complexity index is 786. The van der Waals surface area contributed by atoms with Crippen molar-refractivity contribution in [3.05, 3.63) is 42.1 Å². The van der Waals surface area contributed by atoms with Crippen molar-refractivity contribution < 1.29 is 22.7 Å². The number of carbonyl (C=O) groups is 1. The summed E-state index contributed by atoms with van der Waals surface area (Å²) in [6.07, 6.45) is 1.20. The number of aromatic nitrogens is 2. The number of rotatable bonds is 5. The van der Waals surface area contributed by atoms with Gasteiger partial charge in [-0.3, -0.25) is 4.72 Å². The predicted octanol–water partition coefficient (Wildman–Crippen LogP) is 1.54. The molecule has 0 amide bonds. The minimum absolute atomic E-state index is 0.148. The Labute approximate surface area is 120 Å². The molecule has 21 heavy (non-hydrogen) atoms. The highest BCUT2D eigenvalue weighted by atomic mass is 32.2. The van der Waals surface area contributed by atoms with Crippen LogP contribution in [0.25, 0.3) is 0 Å². The zero-order valence-corrected chi connectivity index (χ0v) is 11.8. The van der Waals surface area contributed by atoms with Crippen molar-refractivity contribution in [1.29, 1.82) is 0 Å². The fraction of sp³-hybridized carbons (Fsp3) is 0.167. The number of carboxylic acid groups (broad SMARTS) is 1. The zero-order valence-electron chi connectivity index (χ0n) is 10.9. The Morgan fingerprint density at radius 2 is 2.19 bits per heavy atom. The summed E-state index contributed by atoms with van der Waals surface area (Å²) < 4.78 is 40.6. The molecule has 0 aliphatic rings. The van der Waals surface area contributed by atoms with Gasteiger partial charge in [-0.1, -0.05) is 6.07 Å². The molecule has 112 valence electrons. The zero-order chi connectivity index (χ0) is 15.6. The highest BCUT2D eigenvalue weighted by Crippen LogP contribution is 2.18. The van der Waals surface area contributed by atoms with Crippen molar-refractivity contribution >= 4 is 21.8 Å². The molecule has 0 spiro atoms. The van der Waals surface area contributed by atoms with E-state index in [0.717, 1.165) is 12.1 Å². The Morgan fingerprint density at radius 3 is 2.71 bits per heavy atom. The number of hydrogen-bond acceptors (Lipinski definition) is 4. The van der Waals surface area contributed by atoms with Crippen LogP contribution in [0.4, 0.5) is 10.2 Å². The van der Waals surface area contributed by atoms with E-state index in [1.54, 1.807) is 6.92 Å². The van der Waals surface area contributed by atoms with Crippen LogP contribution in [0.3, 0.4) is 0 Å². The van der Waals surface area contributed by atoms with Crippen LogP contribution in [0.1, 0.15) is 17.4 Å². The van der Waals surface area contributed by atoms with Gasteiger partial charge in [0.2, 0.25) is 5.95 Å². The lowest BCUT2D eigenvalue weighted by atomic mass is 10.4. The maximum atomic E-state index is 12.9. The molecule has 0 fully saturated rings. The number of sulfonamides is 1. The summed E-state index contributed by atoms with van der Waals surface area (Å²) in [7, 11) is -4.04. The van der Waals surface area contributed by atoms with Gasteiger partial charge in [-0.05, 0) is 25.1 Å². The summed E-state index contributed by atoms with van der Waals surface area (Å²) in [6, 6.07) is 4.71. The molecular formula is C12H12FN3O4S. The fourth-order valence-corrected chi connectivity index (χ4v) is 2.77. The summed E-state index contributed by atoms with van der Waals surface area (Å²) in [5, 5.41) is 9.00. The topological polar surface area (TPSA) is 101 Å². The number of nitrogens with zero attached hydrogens (tertiary/aromatic N) is 2. The quantitative estimate of drug-likeness (QED) is 0.815. The molecule has 0 aliphatic heterocycles. The smallest absolute Gasteiger partial charge is 0.352 e. The van der Waals surface area contributed by atoms with Gasteiger partial charge < -0.3 is 9.67 Å². The van der Waals surface area contributed by atoms with Gasteiger partial charge in [-0.25, -0.2) is 18.2 Å². The molecule has 2 aromatic heterocycles. The second-order valence-electron chi connectivity index (χ2n) is 4.10. The molecule has 0 bridgehead atoms. The second kappa shape index (κ2) is 5.52. The Hall–Kier alpha value is -2.42. The van der Waals surface area contributed by atoms with Gasteiger partial charge in [-0.15, -0.1) is 0 Å². The van der Waals surface area contributed by atoms with Crippen molar-refractivity contribution in [2.75, 3.05) is 4.72 Å². The molecule has 0 saturated carbocycles. The van der Waals surface area contributed by atoms with E-state index in [1.807, 2.05) is 0 Å². The average Bonchev–Trinajstić information content (AvgIpc) is 2.83. The lowest BCUT2D eigenvalue weighted by molar-refractivity contribution is 0.0685. The number of pyridine rings is 1. The third-order valence-corrected chi connectivity index (χ3v) is 4.02. The number of carboxylic acids is 1. The van der Waals surface area contributed by atoms with Crippen molar-refractivity contribution in [3.8, 4) is 0 Å². The van der Waals surface area contributed by atoms with Crippen molar-refractivity contribution in [3.63, 3.8) is 0 Å². The highest BCUT2D eigenvalue weighted by Gasteiger charge is 2.21. The fourth-order valence-electron chi connectivity index (χ4n) is 1.73. The first-order valence-corrected chi connectivity index (χ1v) is 7.40. The van der Waals surface area contributed by atoms with Crippen LogP contribution in [0.15, 0.2) is 35.4 Å². The molecule has 0 aliphatic carbocycles. The van der Waals surface area contributed by atoms with Gasteiger partial charge in [0.15, 0.2) is 0 Å². The third kappa shape index (κ3) is 3.19. The van der Waals surface area contributed by atoms with Crippen LogP contribution in [-0.4, -0.2) is 29.0 Å². The van der Waals surface area contributed by atoms with E-state index >= 15 is 0 Å². The van der Waals surface area contributed by atoms with Crippen molar-refractivity contribution in [2.45, 2.75) is 18.4 Å². The summed E-state index contributed by atoms with van der Waals surface area (Å²) in [5.74, 6) is -2.24. The largest absolute Gasteiger partial charge is 0.477 e. The number of aryl methyl sites for hydroxylation is 1. The summed E-state index contributed by atoms with van der Waals surface area (Å²) in [5.41, 5.74) is -0.148. The standard InChI is InChI=1S/C12H12FN3O4S/c1-2-16-7-8(6-9(16)12(17)18)21(19,20)15-11-5-3-4-10(13)14-11/h3-7H,2H2,1H3,(H,14,15)(H,17,18). The molecule has 0 saturated heterocycles. The van der Waals surface area contributed by atoms with E-state index in [4.69, 9.17) is 5.11 Å². The van der Waals surface area contributed by atoms with Crippen LogP contribution in [-0.2, 0) is 16.6 Å². The molecular weight excluding hydrogens is 301 g/mol. The SMILES string of the molecule is CCn1cc(S(=O)(=O)Nc2cccc(F)n2)cc1C(=O)O. The summed E-state index contributed by atoms with van der Waals surface area (Å²) >= 11 is 0. The Kier molecular flexibility index (Phi) is 3.94. The van der Waals surface area contributed by atoms with E-state index < -0.39 is 21.9 Å². The van der Waals surface area contributed by atoms with Gasteiger partial charge in [0.25, 0.3) is 10.0 Å². The van der Waals surface area contributed by atoms with E-state index in [0.29, 0.717) is 6.54 Å². The number of nitrogens with one attached hydrogen (secondary N) is 1. The predicted molar refractivity (Wildman–Crippen MR) is 72.1 cm³/mol. The summed E-state index contributed by atoms with van der Waals surface area (Å²) in [4.78, 5) is 14.2. The lowest BCUT2D eigenvalue weighted by Crippen LogP contribution is -2.13. The van der Waals surface area contributed by atoms with Crippen molar-refractivity contribution in [2.24, 2.45) is 0 Å². The van der Waals surface area contributed by atoms with Crippen LogP contribution >= 0.6 is 0 Å². The molecule has 2 heterocycles. The summed E-state index contributed by atoms with van der Waals surface area (Å²) in [6.45, 7) is 1.99. The van der Waals surface area contributed by atoms with E-state index in [9.17, 15) is 17.6 Å². The van der Waals surface area contributed by atoms with E-state index in [-0.39, 0.29) is 16.4 Å². The first kappa shape index (κ1) is 15.0. The second-order valence-corrected chi connectivity index (χ2v) is 5.79. The monoisotopic (exact) mass is 313 g/mol. The van der Waals surface area contributed by atoms with Gasteiger partial charge in [0.05, 0.1) is 0 Å². The van der Waals surface area contributed by atoms with Crippen LogP contribution < -0.4 is 4.72 Å². The molecule has 0 unspecified atom stereocenters. The molecule has 7 nitrogen and oxygen atoms in total. The molecule has 9 heteroatoms. The molecule has 0 atom stereocenters. The minimum atomic E-state index is -4.04. The van der Waals surface area contributed by atoms with Gasteiger partial charge in [0, 0.05) is 12.7 Å². The number of anilines is 1. The average molecular weight is 313 g/mol. The molecule has 2 N–H and O–H groups in total. The first-order valence-electron chi connectivity index (χ1n) is 5.92. The van der Waals surface area contributed by atoms with Crippen molar-refractivity contribution in [1.82, 2.24) is 9.55 Å². The van der Waals surface area contributed by atoms with E-state index in [1.165, 1.54) is 22.9 Å². The van der Waals surface area contributed by atoms with Gasteiger partial charge >= 0.3 is 5.97 Å². The van der Waals surface area contributed by atoms with Gasteiger partial charge in [0.1, 0.15) is 16.4 Å². The van der Waals surface area contributed by atoms with Gasteiger partial charge in [-0.2, -0.15) is 4.39 Å². The third-order valence-electron chi connectivity index (χ3n) is 2.70. The van der Waals surface area contributed by atoms with Crippen LogP contribution in [0.5, 0.6) is 0 Å². The van der Waals surface area contributed by atoms with E-state index in [2.05, 4.69) is 9.71 Å². The Balaban J connectivity index is 2.38. The maximum Gasteiger partial charge on any atom is 0.352 e. The normalized spacial score (nSPS) is 11.3. The maximum absolute atomic E-state index is 12.9. The minimum Gasteiger partial charge on any atom is -0.477 e. The lowest BCUT2D eigenvalue weighted by Gasteiger charge is -2.05.